The summed E-state index contributed by atoms with van der Waals surface area (Å²) in [6.45, 7) is 3.65. The van der Waals surface area contributed by atoms with Gasteiger partial charge in [0, 0.05) is 6.08 Å². The quantitative estimate of drug-likeness (QED) is 0.784. The van der Waals surface area contributed by atoms with Crippen molar-refractivity contribution in [2.75, 3.05) is 0 Å². The molecule has 110 valence electrons. The molecule has 0 bridgehead atoms. The lowest BCUT2D eigenvalue weighted by atomic mass is 9.99. The van der Waals surface area contributed by atoms with Crippen LogP contribution in [-0.4, -0.2) is 23.0 Å². The van der Waals surface area contributed by atoms with Gasteiger partial charge in [0.1, 0.15) is 6.04 Å². The first kappa shape index (κ1) is 16.4. The fraction of sp³-hybridized carbons (Fsp3) is 0.312. The maximum absolute atomic E-state index is 11.8. The van der Waals surface area contributed by atoms with Crippen LogP contribution in [0.1, 0.15) is 31.4 Å². The van der Waals surface area contributed by atoms with E-state index in [1.165, 1.54) is 6.08 Å². The molecule has 2 N–H and O–H groups in total. The molecular formula is C16H18N2O3. The molecule has 1 rings (SSSR count). The Kier molecular flexibility index (Phi) is 6.15. The molecule has 5 nitrogen and oxygen atoms in total. The summed E-state index contributed by atoms with van der Waals surface area (Å²) in [5.74, 6) is -1.66. The highest BCUT2D eigenvalue weighted by Gasteiger charge is 2.24. The van der Waals surface area contributed by atoms with Gasteiger partial charge in [-0.15, -0.1) is 0 Å². The van der Waals surface area contributed by atoms with Crippen LogP contribution in [0, 0.1) is 17.2 Å². The van der Waals surface area contributed by atoms with E-state index in [-0.39, 0.29) is 5.92 Å². The van der Waals surface area contributed by atoms with Gasteiger partial charge in [-0.25, -0.2) is 4.79 Å². The van der Waals surface area contributed by atoms with Crippen LogP contribution in [0.2, 0.25) is 0 Å². The van der Waals surface area contributed by atoms with Crippen molar-refractivity contribution in [1.29, 1.82) is 5.26 Å². The number of carboxylic acid groups (broad SMARTS) is 1. The maximum atomic E-state index is 11.8. The molecule has 0 saturated carbocycles. The maximum Gasteiger partial charge on any atom is 0.326 e. The molecule has 0 saturated heterocycles. The van der Waals surface area contributed by atoms with Gasteiger partial charge >= 0.3 is 5.97 Å². The van der Waals surface area contributed by atoms with Gasteiger partial charge in [0.25, 0.3) is 0 Å². The molecule has 0 fully saturated rings. The summed E-state index contributed by atoms with van der Waals surface area (Å²) in [5, 5.41) is 20.4. The highest BCUT2D eigenvalue weighted by molar-refractivity contribution is 5.94. The molecule has 0 aliphatic heterocycles. The second kappa shape index (κ2) is 7.85. The van der Waals surface area contributed by atoms with Gasteiger partial charge in [0.15, 0.2) is 0 Å². The Hall–Kier alpha value is -2.61. The van der Waals surface area contributed by atoms with Crippen LogP contribution in [0.4, 0.5) is 0 Å². The summed E-state index contributed by atoms with van der Waals surface area (Å²) in [4.78, 5) is 22.9. The number of carbonyl (C=O) groups is 2. The normalized spacial score (nSPS) is 13.4. The molecule has 0 aliphatic rings. The zero-order valence-electron chi connectivity index (χ0n) is 12.0. The van der Waals surface area contributed by atoms with Crippen LogP contribution < -0.4 is 5.32 Å². The van der Waals surface area contributed by atoms with Crippen molar-refractivity contribution in [3.8, 4) is 6.07 Å². The standard InChI is InChI=1S/C16H18N2O3/c1-3-11(2)15(16(20)21)18-14(19)8-7-12-5-4-6-13(9-12)10-17/h4-9,11,15H,3H2,1-2H3,(H,18,19)(H,20,21)/b8-7+. The van der Waals surface area contributed by atoms with Gasteiger partial charge < -0.3 is 10.4 Å². The van der Waals surface area contributed by atoms with Crippen molar-refractivity contribution < 1.29 is 14.7 Å². The van der Waals surface area contributed by atoms with E-state index in [1.54, 1.807) is 37.3 Å². The fourth-order valence-electron chi connectivity index (χ4n) is 1.77. The van der Waals surface area contributed by atoms with E-state index in [9.17, 15) is 9.59 Å². The molecule has 21 heavy (non-hydrogen) atoms. The highest BCUT2D eigenvalue weighted by atomic mass is 16.4. The number of amides is 1. The molecule has 2 atom stereocenters. The zero-order valence-corrected chi connectivity index (χ0v) is 12.0. The minimum absolute atomic E-state index is 0.151. The Bertz CT molecular complexity index is 587. The molecule has 0 aliphatic carbocycles. The third-order valence-corrected chi connectivity index (χ3v) is 3.22. The number of aliphatic carboxylic acids is 1. The minimum Gasteiger partial charge on any atom is -0.480 e. The first-order chi connectivity index (χ1) is 9.97. The Labute approximate surface area is 123 Å². The summed E-state index contributed by atoms with van der Waals surface area (Å²) < 4.78 is 0. The van der Waals surface area contributed by atoms with Gasteiger partial charge in [0.2, 0.25) is 5.91 Å². The van der Waals surface area contributed by atoms with Gasteiger partial charge in [-0.3, -0.25) is 4.79 Å². The van der Waals surface area contributed by atoms with Crippen LogP contribution in [0.3, 0.4) is 0 Å². The number of carbonyl (C=O) groups excluding carboxylic acids is 1. The summed E-state index contributed by atoms with van der Waals surface area (Å²) in [6.07, 6.45) is 3.48. The Morgan fingerprint density at radius 1 is 1.48 bits per heavy atom. The molecule has 0 aromatic heterocycles. The van der Waals surface area contributed by atoms with Gasteiger partial charge in [-0.05, 0) is 29.7 Å². The molecule has 0 spiro atoms. The lowest BCUT2D eigenvalue weighted by molar-refractivity contribution is -0.142. The van der Waals surface area contributed by atoms with Crippen LogP contribution in [0.15, 0.2) is 30.3 Å². The van der Waals surface area contributed by atoms with E-state index in [1.807, 2.05) is 13.0 Å². The van der Waals surface area contributed by atoms with Crippen molar-refractivity contribution in [3.63, 3.8) is 0 Å². The van der Waals surface area contributed by atoms with E-state index in [0.29, 0.717) is 17.5 Å². The third-order valence-electron chi connectivity index (χ3n) is 3.22. The average molecular weight is 286 g/mol. The van der Waals surface area contributed by atoms with E-state index >= 15 is 0 Å². The second-order valence-corrected chi connectivity index (χ2v) is 4.78. The van der Waals surface area contributed by atoms with E-state index in [4.69, 9.17) is 10.4 Å². The smallest absolute Gasteiger partial charge is 0.326 e. The van der Waals surface area contributed by atoms with Crippen LogP contribution in [0.25, 0.3) is 6.08 Å². The zero-order chi connectivity index (χ0) is 15.8. The number of rotatable bonds is 6. The minimum atomic E-state index is -1.04. The summed E-state index contributed by atoms with van der Waals surface area (Å²) in [7, 11) is 0. The number of carboxylic acids is 1. The molecule has 2 unspecified atom stereocenters. The van der Waals surface area contributed by atoms with Crippen LogP contribution >= 0.6 is 0 Å². The predicted octanol–water partition coefficient (Wildman–Crippen LogP) is 2.19. The van der Waals surface area contributed by atoms with Crippen molar-refractivity contribution in [2.24, 2.45) is 5.92 Å². The summed E-state index contributed by atoms with van der Waals surface area (Å²) in [6, 6.07) is 7.90. The van der Waals surface area contributed by atoms with Crippen molar-refractivity contribution in [3.05, 3.63) is 41.5 Å². The first-order valence-electron chi connectivity index (χ1n) is 6.69. The Morgan fingerprint density at radius 3 is 2.76 bits per heavy atom. The van der Waals surface area contributed by atoms with Crippen molar-refractivity contribution in [2.45, 2.75) is 26.3 Å². The number of hydrogen-bond acceptors (Lipinski definition) is 3. The molecule has 1 aromatic carbocycles. The van der Waals surface area contributed by atoms with Crippen LogP contribution in [0.5, 0.6) is 0 Å². The number of nitriles is 1. The van der Waals surface area contributed by atoms with Crippen molar-refractivity contribution in [1.82, 2.24) is 5.32 Å². The largest absolute Gasteiger partial charge is 0.480 e. The monoisotopic (exact) mass is 286 g/mol. The SMILES string of the molecule is CCC(C)C(NC(=O)/C=C/c1cccc(C#N)c1)C(=O)O. The topological polar surface area (TPSA) is 90.2 Å². The lowest BCUT2D eigenvalue weighted by Gasteiger charge is -2.19. The second-order valence-electron chi connectivity index (χ2n) is 4.78. The lowest BCUT2D eigenvalue weighted by Crippen LogP contribution is -2.44. The van der Waals surface area contributed by atoms with E-state index in [0.717, 1.165) is 0 Å². The molecule has 0 heterocycles. The van der Waals surface area contributed by atoms with E-state index in [2.05, 4.69) is 5.32 Å². The van der Waals surface area contributed by atoms with Gasteiger partial charge in [0.05, 0.1) is 11.6 Å². The number of nitrogens with one attached hydrogen (secondary N) is 1. The molecule has 0 radical (unpaired) electrons. The van der Waals surface area contributed by atoms with Crippen molar-refractivity contribution >= 4 is 18.0 Å². The number of nitrogens with zero attached hydrogens (tertiary/aromatic N) is 1. The Morgan fingerprint density at radius 2 is 2.19 bits per heavy atom. The predicted molar refractivity (Wildman–Crippen MR) is 79.2 cm³/mol. The van der Waals surface area contributed by atoms with Gasteiger partial charge in [-0.1, -0.05) is 32.4 Å². The molecular weight excluding hydrogens is 268 g/mol. The fourth-order valence-corrected chi connectivity index (χ4v) is 1.77. The highest BCUT2D eigenvalue weighted by Crippen LogP contribution is 2.09. The Balaban J connectivity index is 2.73. The molecule has 5 heteroatoms. The number of benzene rings is 1. The molecule has 1 amide bonds. The first-order valence-corrected chi connectivity index (χ1v) is 6.69. The summed E-state index contributed by atoms with van der Waals surface area (Å²) >= 11 is 0. The third kappa shape index (κ3) is 5.11. The van der Waals surface area contributed by atoms with E-state index < -0.39 is 17.9 Å². The van der Waals surface area contributed by atoms with Crippen LogP contribution in [-0.2, 0) is 9.59 Å². The average Bonchev–Trinajstić information content (AvgIpc) is 2.49. The number of hydrogen-bond donors (Lipinski definition) is 2. The molecule has 1 aromatic rings. The van der Waals surface area contributed by atoms with Gasteiger partial charge in [-0.2, -0.15) is 5.26 Å². The summed E-state index contributed by atoms with van der Waals surface area (Å²) in [5.41, 5.74) is 1.21.